The number of nitrogens with one attached hydrogen (secondary N) is 1. The van der Waals surface area contributed by atoms with Gasteiger partial charge in [-0.15, -0.1) is 0 Å². The van der Waals surface area contributed by atoms with Crippen LogP contribution in [0.15, 0.2) is 24.3 Å². The van der Waals surface area contributed by atoms with E-state index in [1.807, 2.05) is 0 Å². The van der Waals surface area contributed by atoms with Crippen LogP contribution in [0.4, 0.5) is 5.69 Å². The van der Waals surface area contributed by atoms with Crippen molar-refractivity contribution < 1.29 is 14.7 Å². The second-order valence-electron chi connectivity index (χ2n) is 5.37. The van der Waals surface area contributed by atoms with E-state index in [1.54, 1.807) is 24.3 Å². The lowest BCUT2D eigenvalue weighted by Crippen LogP contribution is -2.40. The number of nitrogens with two attached hydrogens (primary N) is 1. The van der Waals surface area contributed by atoms with Gasteiger partial charge in [-0.3, -0.25) is 9.59 Å². The van der Waals surface area contributed by atoms with Crippen molar-refractivity contribution in [3.05, 3.63) is 29.8 Å². The van der Waals surface area contributed by atoms with Crippen molar-refractivity contribution in [1.82, 2.24) is 0 Å². The van der Waals surface area contributed by atoms with Crippen LogP contribution in [0.5, 0.6) is 0 Å². The molecule has 4 N–H and O–H groups in total. The lowest BCUT2D eigenvalue weighted by atomic mass is 9.85. The molecule has 0 saturated heterocycles. The number of carboxylic acids is 1. The highest BCUT2D eigenvalue weighted by atomic mass is 16.4. The first-order valence-electron chi connectivity index (χ1n) is 6.89. The van der Waals surface area contributed by atoms with Gasteiger partial charge in [-0.05, 0) is 24.5 Å². The van der Waals surface area contributed by atoms with Crippen molar-refractivity contribution in [2.24, 2.45) is 11.1 Å². The minimum Gasteiger partial charge on any atom is -0.481 e. The summed E-state index contributed by atoms with van der Waals surface area (Å²) in [6.07, 6.45) is 3.53. The second-order valence-corrected chi connectivity index (χ2v) is 5.37. The molecular weight excluding hydrogens is 256 g/mol. The molecule has 1 saturated carbocycles. The Morgan fingerprint density at radius 3 is 2.50 bits per heavy atom. The van der Waals surface area contributed by atoms with Crippen LogP contribution in [-0.2, 0) is 16.0 Å². The van der Waals surface area contributed by atoms with Crippen molar-refractivity contribution in [3.8, 4) is 0 Å². The summed E-state index contributed by atoms with van der Waals surface area (Å²) in [6.45, 7) is 0.333. The number of anilines is 1. The number of hydrogen-bond acceptors (Lipinski definition) is 3. The smallest absolute Gasteiger partial charge is 0.307 e. The molecular formula is C15H20N2O3. The molecule has 1 aromatic carbocycles. The molecule has 1 aliphatic rings. The first kappa shape index (κ1) is 14.5. The lowest BCUT2D eigenvalue weighted by molar-refractivity contribution is -0.136. The minimum atomic E-state index is -0.916. The van der Waals surface area contributed by atoms with Gasteiger partial charge >= 0.3 is 5.97 Å². The number of hydrogen-bond donors (Lipinski definition) is 3. The molecule has 0 radical (unpaired) electrons. The molecule has 0 aromatic heterocycles. The third-order valence-electron chi connectivity index (χ3n) is 4.04. The van der Waals surface area contributed by atoms with Crippen LogP contribution in [0.1, 0.15) is 31.2 Å². The first-order valence-corrected chi connectivity index (χ1v) is 6.89. The average molecular weight is 276 g/mol. The normalized spacial score (nSPS) is 16.9. The van der Waals surface area contributed by atoms with Gasteiger partial charge in [0.05, 0.1) is 11.8 Å². The molecule has 2 rings (SSSR count). The summed E-state index contributed by atoms with van der Waals surface area (Å²) in [6, 6.07) is 7.00. The Bertz CT molecular complexity index is 508. The van der Waals surface area contributed by atoms with E-state index in [0.29, 0.717) is 17.8 Å². The van der Waals surface area contributed by atoms with E-state index in [-0.39, 0.29) is 12.3 Å². The van der Waals surface area contributed by atoms with Gasteiger partial charge in [0.15, 0.2) is 0 Å². The maximum atomic E-state index is 12.5. The van der Waals surface area contributed by atoms with Crippen LogP contribution in [-0.4, -0.2) is 23.5 Å². The van der Waals surface area contributed by atoms with Crippen LogP contribution < -0.4 is 11.1 Å². The van der Waals surface area contributed by atoms with Gasteiger partial charge in [0, 0.05) is 12.2 Å². The number of carboxylic acid groups (broad SMARTS) is 1. The standard InChI is InChI=1S/C15H20N2O3/c16-10-15(7-3-4-8-15)14(20)17-12-6-2-1-5-11(12)9-13(18)19/h1-2,5-6H,3-4,7-10,16H2,(H,17,20)(H,18,19). The summed E-state index contributed by atoms with van der Waals surface area (Å²) < 4.78 is 0. The van der Waals surface area contributed by atoms with Gasteiger partial charge in [0.1, 0.15) is 0 Å². The molecule has 0 bridgehead atoms. The maximum Gasteiger partial charge on any atom is 0.307 e. The molecule has 1 amide bonds. The summed E-state index contributed by atoms with van der Waals surface area (Å²) >= 11 is 0. The predicted molar refractivity (Wildman–Crippen MR) is 76.4 cm³/mol. The molecule has 0 aliphatic heterocycles. The number of rotatable bonds is 5. The van der Waals surface area contributed by atoms with Crippen molar-refractivity contribution in [2.45, 2.75) is 32.1 Å². The molecule has 1 aromatic rings. The van der Waals surface area contributed by atoms with E-state index in [0.717, 1.165) is 25.7 Å². The third kappa shape index (κ3) is 2.99. The molecule has 5 heteroatoms. The van der Waals surface area contributed by atoms with Gasteiger partial charge in [-0.25, -0.2) is 0 Å². The fraction of sp³-hybridized carbons (Fsp3) is 0.467. The highest BCUT2D eigenvalue weighted by Crippen LogP contribution is 2.38. The first-order chi connectivity index (χ1) is 9.57. The lowest BCUT2D eigenvalue weighted by Gasteiger charge is -2.26. The summed E-state index contributed by atoms with van der Waals surface area (Å²) in [4.78, 5) is 23.3. The number of aliphatic carboxylic acids is 1. The Hall–Kier alpha value is -1.88. The zero-order valence-corrected chi connectivity index (χ0v) is 11.4. The molecule has 0 atom stereocenters. The topological polar surface area (TPSA) is 92.4 Å². The molecule has 1 aliphatic carbocycles. The zero-order valence-electron chi connectivity index (χ0n) is 11.4. The van der Waals surface area contributed by atoms with Crippen molar-refractivity contribution in [3.63, 3.8) is 0 Å². The Kier molecular flexibility index (Phi) is 4.39. The Labute approximate surface area is 118 Å². The van der Waals surface area contributed by atoms with Crippen LogP contribution in [0.2, 0.25) is 0 Å². The predicted octanol–water partition coefficient (Wildman–Crippen LogP) is 1.77. The Balaban J connectivity index is 2.17. The minimum absolute atomic E-state index is 0.0876. The molecule has 108 valence electrons. The van der Waals surface area contributed by atoms with Crippen LogP contribution in [0.3, 0.4) is 0 Å². The summed E-state index contributed by atoms with van der Waals surface area (Å²) in [5.41, 5.74) is 6.48. The van der Waals surface area contributed by atoms with Gasteiger partial charge in [-0.2, -0.15) is 0 Å². The fourth-order valence-corrected chi connectivity index (χ4v) is 2.79. The largest absolute Gasteiger partial charge is 0.481 e. The van der Waals surface area contributed by atoms with E-state index in [9.17, 15) is 9.59 Å². The molecule has 20 heavy (non-hydrogen) atoms. The maximum absolute atomic E-state index is 12.5. The number of amides is 1. The van der Waals surface area contributed by atoms with E-state index in [1.165, 1.54) is 0 Å². The van der Waals surface area contributed by atoms with Gasteiger partial charge in [0.2, 0.25) is 5.91 Å². The quantitative estimate of drug-likeness (QED) is 0.764. The summed E-state index contributed by atoms with van der Waals surface area (Å²) in [5.74, 6) is -1.00. The number of carbonyl (C=O) groups is 2. The average Bonchev–Trinajstić information content (AvgIpc) is 2.90. The Morgan fingerprint density at radius 2 is 1.90 bits per heavy atom. The van der Waals surface area contributed by atoms with Crippen LogP contribution >= 0.6 is 0 Å². The van der Waals surface area contributed by atoms with Gasteiger partial charge < -0.3 is 16.2 Å². The van der Waals surface area contributed by atoms with Crippen molar-refractivity contribution in [1.29, 1.82) is 0 Å². The zero-order chi connectivity index (χ0) is 14.6. The molecule has 0 unspecified atom stereocenters. The highest BCUT2D eigenvalue weighted by molar-refractivity contribution is 5.96. The van der Waals surface area contributed by atoms with Gasteiger partial charge in [-0.1, -0.05) is 31.0 Å². The van der Waals surface area contributed by atoms with Crippen LogP contribution in [0, 0.1) is 5.41 Å². The number of benzene rings is 1. The number of carbonyl (C=O) groups excluding carboxylic acids is 1. The van der Waals surface area contributed by atoms with Gasteiger partial charge in [0.25, 0.3) is 0 Å². The van der Waals surface area contributed by atoms with Crippen molar-refractivity contribution in [2.75, 3.05) is 11.9 Å². The molecule has 0 heterocycles. The molecule has 5 nitrogen and oxygen atoms in total. The fourth-order valence-electron chi connectivity index (χ4n) is 2.79. The highest BCUT2D eigenvalue weighted by Gasteiger charge is 2.39. The van der Waals surface area contributed by atoms with Crippen LogP contribution in [0.25, 0.3) is 0 Å². The van der Waals surface area contributed by atoms with E-state index in [2.05, 4.69) is 5.32 Å². The third-order valence-corrected chi connectivity index (χ3v) is 4.04. The Morgan fingerprint density at radius 1 is 1.25 bits per heavy atom. The summed E-state index contributed by atoms with van der Waals surface area (Å²) in [5, 5.41) is 11.8. The second kappa shape index (κ2) is 6.05. The SMILES string of the molecule is NCC1(C(=O)Nc2ccccc2CC(=O)O)CCCC1. The van der Waals surface area contributed by atoms with E-state index >= 15 is 0 Å². The molecule has 0 spiro atoms. The summed E-state index contributed by atoms with van der Waals surface area (Å²) in [7, 11) is 0. The van der Waals surface area contributed by atoms with E-state index < -0.39 is 11.4 Å². The monoisotopic (exact) mass is 276 g/mol. The molecule has 1 fully saturated rings. The number of para-hydroxylation sites is 1. The van der Waals surface area contributed by atoms with Crippen molar-refractivity contribution >= 4 is 17.6 Å². The van der Waals surface area contributed by atoms with E-state index in [4.69, 9.17) is 10.8 Å².